The molecule has 2 atom stereocenters. The fourth-order valence-electron chi connectivity index (χ4n) is 4.03. The van der Waals surface area contributed by atoms with Gasteiger partial charge < -0.3 is 14.4 Å². The number of hydrogen-bond donors (Lipinski definition) is 0. The van der Waals surface area contributed by atoms with E-state index in [0.717, 1.165) is 16.8 Å². The number of anilines is 1. The average Bonchev–Trinajstić information content (AvgIpc) is 3.03. The number of ketones is 1. The molecule has 0 bridgehead atoms. The zero-order valence-corrected chi connectivity index (χ0v) is 13.3. The van der Waals surface area contributed by atoms with Crippen molar-refractivity contribution in [3.63, 3.8) is 0 Å². The molecular weight excluding hydrogens is 294 g/mol. The maximum Gasteiger partial charge on any atom is 0.263 e. The molecule has 2 heterocycles. The van der Waals surface area contributed by atoms with Gasteiger partial charge in [-0.3, -0.25) is 9.59 Å². The van der Waals surface area contributed by atoms with Crippen LogP contribution in [0.1, 0.15) is 25.3 Å². The molecule has 120 valence electrons. The lowest BCUT2D eigenvalue weighted by atomic mass is 9.80. The quantitative estimate of drug-likeness (QED) is 0.840. The summed E-state index contributed by atoms with van der Waals surface area (Å²) in [6.07, 6.45) is 2.69. The normalized spacial score (nSPS) is 28.9. The number of methoxy groups -OCH3 is 1. The van der Waals surface area contributed by atoms with E-state index < -0.39 is 5.60 Å². The highest BCUT2D eigenvalue weighted by atomic mass is 16.5. The molecule has 2 aliphatic heterocycles. The highest BCUT2D eigenvalue weighted by Gasteiger charge is 2.55. The number of rotatable bonds is 2. The lowest BCUT2D eigenvalue weighted by Crippen LogP contribution is -2.46. The number of carbonyl (C=O) groups excluding carboxylic acids is 2. The lowest BCUT2D eigenvalue weighted by Gasteiger charge is -2.37. The first-order valence-electron chi connectivity index (χ1n) is 7.97. The summed E-state index contributed by atoms with van der Waals surface area (Å²) in [7, 11) is 1.61. The maximum absolute atomic E-state index is 13.1. The largest absolute Gasteiger partial charge is 0.497 e. The Bertz CT molecular complexity index is 739. The van der Waals surface area contributed by atoms with E-state index in [1.807, 2.05) is 25.1 Å². The van der Waals surface area contributed by atoms with Crippen LogP contribution in [0.5, 0.6) is 5.75 Å². The molecular formula is C18H19NO4. The number of hydrogen-bond acceptors (Lipinski definition) is 4. The number of benzene rings is 1. The number of likely N-dealkylation sites (N-methyl/N-ethyl adjacent to an activating group) is 1. The SMILES string of the molecule is CCN1C(=O)C2(CC3CC(=O)C=C3CO2)c2cc(OC)ccc21. The molecule has 1 amide bonds. The second kappa shape index (κ2) is 4.93. The molecule has 0 radical (unpaired) electrons. The van der Waals surface area contributed by atoms with Crippen LogP contribution in [0, 0.1) is 5.92 Å². The van der Waals surface area contributed by atoms with Crippen LogP contribution in [0.25, 0.3) is 0 Å². The van der Waals surface area contributed by atoms with Crippen LogP contribution in [0.2, 0.25) is 0 Å². The lowest BCUT2D eigenvalue weighted by molar-refractivity contribution is -0.149. The first-order chi connectivity index (χ1) is 11.1. The second-order valence-corrected chi connectivity index (χ2v) is 6.34. The summed E-state index contributed by atoms with van der Waals surface area (Å²) in [6, 6.07) is 5.67. The van der Waals surface area contributed by atoms with Gasteiger partial charge in [-0.05, 0) is 49.1 Å². The number of fused-ring (bicyclic) bond motifs is 3. The predicted octanol–water partition coefficient (Wildman–Crippen LogP) is 2.19. The van der Waals surface area contributed by atoms with Gasteiger partial charge in [0.1, 0.15) is 5.75 Å². The van der Waals surface area contributed by atoms with Crippen molar-refractivity contribution in [3.05, 3.63) is 35.4 Å². The highest BCUT2D eigenvalue weighted by Crippen LogP contribution is 2.52. The number of ether oxygens (including phenoxy) is 2. The van der Waals surface area contributed by atoms with Crippen molar-refractivity contribution in [1.29, 1.82) is 0 Å². The van der Waals surface area contributed by atoms with Crippen LogP contribution in [0.15, 0.2) is 29.8 Å². The minimum absolute atomic E-state index is 0.0262. The zero-order chi connectivity index (χ0) is 16.2. The van der Waals surface area contributed by atoms with Gasteiger partial charge in [0.25, 0.3) is 5.91 Å². The van der Waals surface area contributed by atoms with Crippen LogP contribution in [-0.2, 0) is 19.9 Å². The highest BCUT2D eigenvalue weighted by molar-refractivity contribution is 6.07. The van der Waals surface area contributed by atoms with Gasteiger partial charge in [0, 0.05) is 18.5 Å². The summed E-state index contributed by atoms with van der Waals surface area (Å²) in [5.41, 5.74) is 1.79. The Morgan fingerprint density at radius 2 is 2.22 bits per heavy atom. The van der Waals surface area contributed by atoms with E-state index in [0.29, 0.717) is 31.7 Å². The molecule has 0 aromatic heterocycles. The molecule has 4 rings (SSSR count). The summed E-state index contributed by atoms with van der Waals surface area (Å²) in [5.74, 6) is 0.924. The van der Waals surface area contributed by atoms with E-state index in [4.69, 9.17) is 9.47 Å². The molecule has 1 spiro atoms. The van der Waals surface area contributed by atoms with Crippen molar-refractivity contribution >= 4 is 17.4 Å². The van der Waals surface area contributed by atoms with Crippen LogP contribution in [-0.4, -0.2) is 32.0 Å². The molecule has 2 unspecified atom stereocenters. The van der Waals surface area contributed by atoms with E-state index in [1.165, 1.54) is 0 Å². The standard InChI is InChI=1S/C18H19NO4/c1-3-19-16-5-4-14(22-2)8-15(16)18(17(19)21)9-11-6-13(20)7-12(11)10-23-18/h4-5,7-8,11H,3,6,9-10H2,1-2H3. The first-order valence-corrected chi connectivity index (χ1v) is 7.97. The third kappa shape index (κ3) is 1.89. The fraction of sp³-hybridized carbons (Fsp3) is 0.444. The molecule has 1 fully saturated rings. The minimum atomic E-state index is -0.980. The smallest absolute Gasteiger partial charge is 0.263 e. The summed E-state index contributed by atoms with van der Waals surface area (Å²) in [6.45, 7) is 2.89. The van der Waals surface area contributed by atoms with E-state index >= 15 is 0 Å². The maximum atomic E-state index is 13.1. The predicted molar refractivity (Wildman–Crippen MR) is 84.5 cm³/mol. The fourth-order valence-corrected chi connectivity index (χ4v) is 4.03. The molecule has 1 saturated heterocycles. The summed E-state index contributed by atoms with van der Waals surface area (Å²) < 4.78 is 11.4. The molecule has 5 heteroatoms. The average molecular weight is 313 g/mol. The van der Waals surface area contributed by atoms with Gasteiger partial charge in [0.05, 0.1) is 19.4 Å². The topological polar surface area (TPSA) is 55.8 Å². The molecule has 23 heavy (non-hydrogen) atoms. The Morgan fingerprint density at radius 3 is 2.96 bits per heavy atom. The Morgan fingerprint density at radius 1 is 1.39 bits per heavy atom. The third-order valence-electron chi connectivity index (χ3n) is 5.17. The van der Waals surface area contributed by atoms with Gasteiger partial charge in [-0.2, -0.15) is 0 Å². The first kappa shape index (κ1) is 14.5. The summed E-state index contributed by atoms with van der Waals surface area (Å²) in [5, 5.41) is 0. The van der Waals surface area contributed by atoms with E-state index in [9.17, 15) is 9.59 Å². The van der Waals surface area contributed by atoms with E-state index in [2.05, 4.69) is 0 Å². The summed E-state index contributed by atoms with van der Waals surface area (Å²) in [4.78, 5) is 26.6. The van der Waals surface area contributed by atoms with Crippen molar-refractivity contribution in [2.75, 3.05) is 25.2 Å². The van der Waals surface area contributed by atoms with Crippen molar-refractivity contribution in [3.8, 4) is 5.75 Å². The number of allylic oxidation sites excluding steroid dienone is 1. The van der Waals surface area contributed by atoms with Crippen molar-refractivity contribution < 1.29 is 19.1 Å². The minimum Gasteiger partial charge on any atom is -0.497 e. The second-order valence-electron chi connectivity index (χ2n) is 6.34. The van der Waals surface area contributed by atoms with E-state index in [-0.39, 0.29) is 17.6 Å². The van der Waals surface area contributed by atoms with Crippen LogP contribution >= 0.6 is 0 Å². The Labute approximate surface area is 134 Å². The Kier molecular flexibility index (Phi) is 3.10. The van der Waals surface area contributed by atoms with E-state index in [1.54, 1.807) is 18.1 Å². The van der Waals surface area contributed by atoms with Gasteiger partial charge in [0.15, 0.2) is 11.4 Å². The summed E-state index contributed by atoms with van der Waals surface area (Å²) >= 11 is 0. The molecule has 0 N–H and O–H groups in total. The van der Waals surface area contributed by atoms with Gasteiger partial charge in [-0.15, -0.1) is 0 Å². The Hall–Kier alpha value is -2.14. The number of nitrogens with zero attached hydrogens (tertiary/aromatic N) is 1. The van der Waals surface area contributed by atoms with Gasteiger partial charge in [0.2, 0.25) is 0 Å². The monoisotopic (exact) mass is 313 g/mol. The molecule has 0 saturated carbocycles. The van der Waals surface area contributed by atoms with Crippen molar-refractivity contribution in [2.45, 2.75) is 25.4 Å². The van der Waals surface area contributed by atoms with Gasteiger partial charge in [-0.25, -0.2) is 0 Å². The molecule has 1 aromatic carbocycles. The zero-order valence-electron chi connectivity index (χ0n) is 13.3. The molecule has 5 nitrogen and oxygen atoms in total. The van der Waals surface area contributed by atoms with Crippen molar-refractivity contribution in [1.82, 2.24) is 0 Å². The van der Waals surface area contributed by atoms with Crippen LogP contribution < -0.4 is 9.64 Å². The molecule has 1 aliphatic carbocycles. The molecule has 3 aliphatic rings. The number of amides is 1. The Balaban J connectivity index is 1.82. The van der Waals surface area contributed by atoms with Crippen molar-refractivity contribution in [2.24, 2.45) is 5.92 Å². The number of carbonyl (C=O) groups is 2. The van der Waals surface area contributed by atoms with Gasteiger partial charge in [-0.1, -0.05) is 0 Å². The van der Waals surface area contributed by atoms with Gasteiger partial charge >= 0.3 is 0 Å². The third-order valence-corrected chi connectivity index (χ3v) is 5.17. The molecule has 1 aromatic rings. The van der Waals surface area contributed by atoms with Crippen LogP contribution in [0.4, 0.5) is 5.69 Å². The van der Waals surface area contributed by atoms with Crippen LogP contribution in [0.3, 0.4) is 0 Å².